The van der Waals surface area contributed by atoms with Crippen LogP contribution in [0.15, 0.2) is 43.7 Å². The molecule has 0 saturated heterocycles. The van der Waals surface area contributed by atoms with Gasteiger partial charge in [-0.05, 0) is 101 Å². The zero-order valence-electron chi connectivity index (χ0n) is 24.2. The number of thiophene rings is 1. The fourth-order valence-corrected chi connectivity index (χ4v) is 6.80. The number of ether oxygens (including phenoxy) is 2. The molecule has 3 aromatic rings. The van der Waals surface area contributed by atoms with E-state index in [4.69, 9.17) is 9.47 Å². The van der Waals surface area contributed by atoms with Gasteiger partial charge in [-0.1, -0.05) is 30.3 Å². The van der Waals surface area contributed by atoms with Gasteiger partial charge in [0.1, 0.15) is 22.1 Å². The van der Waals surface area contributed by atoms with Crippen molar-refractivity contribution in [2.45, 2.75) is 110 Å². The van der Waals surface area contributed by atoms with Crippen LogP contribution in [0, 0.1) is 6.92 Å². The average molecular weight is 636 g/mol. The maximum atomic E-state index is 14.2. The molecule has 8 nitrogen and oxygen atoms in total. The summed E-state index contributed by atoms with van der Waals surface area (Å²) in [5, 5.41) is 10.8. The first-order valence-electron chi connectivity index (χ1n) is 13.6. The van der Waals surface area contributed by atoms with Gasteiger partial charge in [0.05, 0.1) is 27.4 Å². The topological polar surface area (TPSA) is 99.8 Å². The zero-order valence-corrected chi connectivity index (χ0v) is 26.6. The molecule has 0 bridgehead atoms. The lowest BCUT2D eigenvalue weighted by Crippen LogP contribution is -2.54. The number of benzene rings is 1. The van der Waals surface area contributed by atoms with Gasteiger partial charge >= 0.3 is 11.7 Å². The number of carbonyl (C=O) groups is 1. The molecule has 4 rings (SSSR count). The maximum Gasteiger partial charge on any atom is 0.333 e. The number of aryl methyl sites for hydroxylation is 1. The summed E-state index contributed by atoms with van der Waals surface area (Å²) in [6, 6.07) is 9.69. The highest BCUT2D eigenvalue weighted by molar-refractivity contribution is 9.11. The van der Waals surface area contributed by atoms with E-state index >= 15 is 0 Å². The Bertz CT molecular complexity index is 1500. The number of esters is 1. The standard InChI is InChI=1S/C30H39BrN2O6S/c1-18-22-24(34)33(29(5,6)26(35)39-28(2,3)4)27(36)32(25(22)40-23(18)31)17-21(19-11-9-8-10-12-19)38-20-13-15-30(7,37)16-14-20/h8-12,20-21,37H,13-17H2,1-7H3/t20-,21?,30+. The molecule has 2 aromatic heterocycles. The van der Waals surface area contributed by atoms with Gasteiger partial charge in [-0.2, -0.15) is 0 Å². The van der Waals surface area contributed by atoms with Gasteiger partial charge in [-0.15, -0.1) is 11.3 Å². The van der Waals surface area contributed by atoms with Crippen LogP contribution in [0.5, 0.6) is 0 Å². The largest absolute Gasteiger partial charge is 0.458 e. The first-order chi connectivity index (χ1) is 18.5. The van der Waals surface area contributed by atoms with Crippen LogP contribution in [0.3, 0.4) is 0 Å². The van der Waals surface area contributed by atoms with Crippen molar-refractivity contribution in [3.63, 3.8) is 0 Å². The molecule has 0 amide bonds. The number of hydrogen-bond donors (Lipinski definition) is 1. The van der Waals surface area contributed by atoms with Crippen LogP contribution in [0.2, 0.25) is 0 Å². The minimum Gasteiger partial charge on any atom is -0.458 e. The van der Waals surface area contributed by atoms with Gasteiger partial charge in [0.2, 0.25) is 0 Å². The summed E-state index contributed by atoms with van der Waals surface area (Å²) in [4.78, 5) is 41.9. The minimum atomic E-state index is -1.56. The van der Waals surface area contributed by atoms with Crippen molar-refractivity contribution < 1.29 is 19.4 Å². The molecule has 0 radical (unpaired) electrons. The lowest BCUT2D eigenvalue weighted by atomic mass is 9.85. The van der Waals surface area contributed by atoms with E-state index in [1.54, 1.807) is 25.3 Å². The quantitative estimate of drug-likeness (QED) is 0.329. The van der Waals surface area contributed by atoms with Gasteiger partial charge in [0.25, 0.3) is 5.56 Å². The highest BCUT2D eigenvalue weighted by Gasteiger charge is 2.39. The maximum absolute atomic E-state index is 14.2. The van der Waals surface area contributed by atoms with E-state index in [-0.39, 0.29) is 12.6 Å². The molecule has 40 heavy (non-hydrogen) atoms. The van der Waals surface area contributed by atoms with Crippen molar-refractivity contribution in [3.8, 4) is 0 Å². The number of nitrogens with zero attached hydrogens (tertiary/aromatic N) is 2. The Hall–Kier alpha value is -2.27. The second-order valence-corrected chi connectivity index (χ2v) is 14.8. The molecule has 1 unspecified atom stereocenters. The summed E-state index contributed by atoms with van der Waals surface area (Å²) in [5.41, 5.74) is -2.57. The molecule has 218 valence electrons. The van der Waals surface area contributed by atoms with E-state index in [1.807, 2.05) is 44.2 Å². The number of carbonyl (C=O) groups excluding carboxylic acids is 1. The van der Waals surface area contributed by atoms with Gasteiger partial charge in [-0.25, -0.2) is 14.2 Å². The van der Waals surface area contributed by atoms with E-state index in [0.29, 0.717) is 41.5 Å². The summed E-state index contributed by atoms with van der Waals surface area (Å²) in [7, 11) is 0. The van der Waals surface area contributed by atoms with Crippen LogP contribution in [0.25, 0.3) is 10.2 Å². The van der Waals surface area contributed by atoms with Crippen LogP contribution in [-0.2, 0) is 26.4 Å². The van der Waals surface area contributed by atoms with Crippen LogP contribution in [0.1, 0.15) is 84.5 Å². The van der Waals surface area contributed by atoms with E-state index < -0.39 is 40.1 Å². The number of aliphatic hydroxyl groups is 1. The average Bonchev–Trinajstić information content (AvgIpc) is 3.15. The van der Waals surface area contributed by atoms with Crippen LogP contribution in [0.4, 0.5) is 0 Å². The van der Waals surface area contributed by atoms with Gasteiger partial charge in [-0.3, -0.25) is 9.36 Å². The lowest BCUT2D eigenvalue weighted by molar-refractivity contribution is -0.164. The monoisotopic (exact) mass is 634 g/mol. The summed E-state index contributed by atoms with van der Waals surface area (Å²) in [5.74, 6) is -0.665. The molecule has 1 aromatic carbocycles. The number of rotatable bonds is 7. The first kappa shape index (κ1) is 30.7. The SMILES string of the molecule is Cc1c(Br)sc2c1c(=O)n(C(C)(C)C(=O)OC(C)(C)C)c(=O)n2CC(O[C@H]1CC[C@@](C)(O)CC1)c1ccccc1. The van der Waals surface area contributed by atoms with E-state index in [2.05, 4.69) is 15.9 Å². The Morgan fingerprint density at radius 3 is 2.33 bits per heavy atom. The lowest BCUT2D eigenvalue weighted by Gasteiger charge is -2.35. The van der Waals surface area contributed by atoms with Crippen LogP contribution in [-0.4, -0.2) is 37.5 Å². The molecule has 2 heterocycles. The molecule has 1 atom stereocenters. The molecule has 1 aliphatic carbocycles. The van der Waals surface area contributed by atoms with Crippen molar-refractivity contribution in [2.24, 2.45) is 0 Å². The van der Waals surface area contributed by atoms with Gasteiger partial charge < -0.3 is 14.6 Å². The summed E-state index contributed by atoms with van der Waals surface area (Å²) >= 11 is 4.87. The predicted molar refractivity (Wildman–Crippen MR) is 161 cm³/mol. The van der Waals surface area contributed by atoms with Crippen LogP contribution < -0.4 is 11.2 Å². The second-order valence-electron chi connectivity index (χ2n) is 12.5. The van der Waals surface area contributed by atoms with Gasteiger partial charge in [0, 0.05) is 0 Å². The molecular weight excluding hydrogens is 596 g/mol. The Kier molecular flexibility index (Phi) is 8.58. The van der Waals surface area contributed by atoms with Crippen molar-refractivity contribution >= 4 is 43.5 Å². The highest BCUT2D eigenvalue weighted by atomic mass is 79.9. The van der Waals surface area contributed by atoms with Crippen molar-refractivity contribution in [2.75, 3.05) is 0 Å². The summed E-state index contributed by atoms with van der Waals surface area (Å²) in [6.07, 6.45) is 2.10. The third-order valence-electron chi connectivity index (χ3n) is 7.50. The number of halogens is 1. The highest BCUT2D eigenvalue weighted by Crippen LogP contribution is 2.36. The van der Waals surface area contributed by atoms with Crippen molar-refractivity contribution in [3.05, 3.63) is 66.1 Å². The fraction of sp³-hybridized carbons (Fsp3) is 0.567. The zero-order chi connectivity index (χ0) is 29.6. The Morgan fingerprint density at radius 1 is 1.15 bits per heavy atom. The van der Waals surface area contributed by atoms with E-state index in [9.17, 15) is 19.5 Å². The molecule has 1 fully saturated rings. The second kappa shape index (κ2) is 11.2. The molecule has 0 aliphatic heterocycles. The molecule has 1 aliphatic rings. The first-order valence-corrected chi connectivity index (χ1v) is 15.2. The molecule has 10 heteroatoms. The van der Waals surface area contributed by atoms with Crippen LogP contribution >= 0.6 is 27.3 Å². The number of hydrogen-bond acceptors (Lipinski definition) is 7. The van der Waals surface area contributed by atoms with Crippen molar-refractivity contribution in [1.29, 1.82) is 0 Å². The summed E-state index contributed by atoms with van der Waals surface area (Å²) < 4.78 is 15.6. The fourth-order valence-electron chi connectivity index (χ4n) is 5.11. The number of aromatic nitrogens is 2. The Morgan fingerprint density at radius 2 is 1.75 bits per heavy atom. The number of fused-ring (bicyclic) bond motifs is 1. The van der Waals surface area contributed by atoms with Gasteiger partial charge in [0.15, 0.2) is 0 Å². The Balaban J connectivity index is 1.86. The smallest absolute Gasteiger partial charge is 0.333 e. The predicted octanol–water partition coefficient (Wildman–Crippen LogP) is 5.82. The molecular formula is C30H39BrN2O6S. The molecule has 1 saturated carbocycles. The van der Waals surface area contributed by atoms with Crippen molar-refractivity contribution in [1.82, 2.24) is 9.13 Å². The summed E-state index contributed by atoms with van der Waals surface area (Å²) in [6.45, 7) is 12.1. The van der Waals surface area contributed by atoms with E-state index in [0.717, 1.165) is 13.9 Å². The normalized spacial score (nSPS) is 21.0. The third kappa shape index (κ3) is 6.30. The molecule has 0 spiro atoms. The van der Waals surface area contributed by atoms with E-state index in [1.165, 1.54) is 25.2 Å². The minimum absolute atomic E-state index is 0.0856. The third-order valence-corrected chi connectivity index (χ3v) is 9.68. The Labute approximate surface area is 247 Å². The molecule has 1 N–H and O–H groups in total.